The molecule has 1 aliphatic carbocycles. The Labute approximate surface area is 115 Å². The summed E-state index contributed by atoms with van der Waals surface area (Å²) in [5, 5.41) is 2.70. The van der Waals surface area contributed by atoms with Crippen LogP contribution in [0.3, 0.4) is 0 Å². The second-order valence-corrected chi connectivity index (χ2v) is 5.11. The fourth-order valence-electron chi connectivity index (χ4n) is 2.24. The summed E-state index contributed by atoms with van der Waals surface area (Å²) in [6, 6.07) is 5.63. The minimum atomic E-state index is -0.383. The van der Waals surface area contributed by atoms with Gasteiger partial charge in [0, 0.05) is 11.6 Å². The van der Waals surface area contributed by atoms with E-state index >= 15 is 0 Å². The molecule has 0 bridgehead atoms. The molecule has 2 fully saturated rings. The van der Waals surface area contributed by atoms with Crippen LogP contribution in [0.25, 0.3) is 0 Å². The number of hydrogen-bond donors (Lipinski definition) is 1. The molecule has 106 valence electrons. The second kappa shape index (κ2) is 5.11. The van der Waals surface area contributed by atoms with Crippen molar-refractivity contribution in [1.82, 2.24) is 10.2 Å². The van der Waals surface area contributed by atoms with Crippen molar-refractivity contribution in [2.75, 3.05) is 13.1 Å². The summed E-state index contributed by atoms with van der Waals surface area (Å²) in [5.41, 5.74) is 0.384. The maximum atomic E-state index is 12.8. The summed E-state index contributed by atoms with van der Waals surface area (Å²) in [7, 11) is 0. The van der Waals surface area contributed by atoms with Gasteiger partial charge in [-0.2, -0.15) is 0 Å². The Bertz CT molecular complexity index is 528. The van der Waals surface area contributed by atoms with Gasteiger partial charge in [0.05, 0.1) is 13.1 Å². The molecule has 2 aliphatic rings. The Hall–Kier alpha value is -2.11. The maximum Gasteiger partial charge on any atom is 0.410 e. The first-order valence-electron chi connectivity index (χ1n) is 6.64. The molecular formula is C14H15FN2O3. The molecule has 1 saturated carbocycles. The molecule has 2 amide bonds. The van der Waals surface area contributed by atoms with Crippen LogP contribution in [0.5, 0.6) is 0 Å². The molecule has 1 atom stereocenters. The van der Waals surface area contributed by atoms with Crippen molar-refractivity contribution < 1.29 is 18.7 Å². The molecule has 0 spiro atoms. The fraction of sp³-hybridized carbons (Fsp3) is 0.429. The number of carbonyl (C=O) groups excluding carboxylic acids is 2. The number of carbonyl (C=O) groups is 2. The van der Waals surface area contributed by atoms with Gasteiger partial charge in [0.15, 0.2) is 0 Å². The Morgan fingerprint density at radius 3 is 2.70 bits per heavy atom. The van der Waals surface area contributed by atoms with Crippen molar-refractivity contribution in [3.05, 3.63) is 35.6 Å². The van der Waals surface area contributed by atoms with Gasteiger partial charge in [-0.1, -0.05) is 0 Å². The van der Waals surface area contributed by atoms with E-state index in [0.29, 0.717) is 18.2 Å². The summed E-state index contributed by atoms with van der Waals surface area (Å²) >= 11 is 0. The van der Waals surface area contributed by atoms with Gasteiger partial charge in [0.25, 0.3) is 5.91 Å². The van der Waals surface area contributed by atoms with E-state index < -0.39 is 0 Å². The highest BCUT2D eigenvalue weighted by Gasteiger charge is 2.40. The Kier molecular flexibility index (Phi) is 3.30. The number of hydrogen-bond acceptors (Lipinski definition) is 3. The van der Waals surface area contributed by atoms with Crippen molar-refractivity contribution in [3.63, 3.8) is 0 Å². The SMILES string of the molecule is O=C(NCC1CN(C2CC2)C(=O)O1)c1ccc(F)cc1. The van der Waals surface area contributed by atoms with Gasteiger partial charge in [-0.25, -0.2) is 9.18 Å². The summed E-state index contributed by atoms with van der Waals surface area (Å²) < 4.78 is 17.9. The standard InChI is InChI=1S/C14H15FN2O3/c15-10-3-1-9(2-4-10)13(18)16-7-12-8-17(11-5-6-11)14(19)20-12/h1-4,11-12H,5-8H2,(H,16,18). The molecule has 1 N–H and O–H groups in total. The zero-order chi connectivity index (χ0) is 14.1. The largest absolute Gasteiger partial charge is 0.442 e. The number of nitrogens with zero attached hydrogens (tertiary/aromatic N) is 1. The average Bonchev–Trinajstić information content (AvgIpc) is 3.21. The van der Waals surface area contributed by atoms with Crippen molar-refractivity contribution in [2.24, 2.45) is 0 Å². The number of nitrogens with one attached hydrogen (secondary N) is 1. The van der Waals surface area contributed by atoms with Crippen LogP contribution in [0.15, 0.2) is 24.3 Å². The van der Waals surface area contributed by atoms with E-state index in [2.05, 4.69) is 5.32 Å². The van der Waals surface area contributed by atoms with Gasteiger partial charge in [0.1, 0.15) is 11.9 Å². The third-order valence-electron chi connectivity index (χ3n) is 3.49. The van der Waals surface area contributed by atoms with Crippen LogP contribution in [0.1, 0.15) is 23.2 Å². The molecule has 0 aromatic heterocycles. The smallest absolute Gasteiger partial charge is 0.410 e. The molecule has 1 unspecified atom stereocenters. The van der Waals surface area contributed by atoms with Gasteiger partial charge < -0.3 is 15.0 Å². The van der Waals surface area contributed by atoms with Gasteiger partial charge in [-0.3, -0.25) is 4.79 Å². The van der Waals surface area contributed by atoms with E-state index in [1.807, 2.05) is 0 Å². The van der Waals surface area contributed by atoms with Crippen LogP contribution in [0, 0.1) is 5.82 Å². The maximum absolute atomic E-state index is 12.8. The number of rotatable bonds is 4. The zero-order valence-electron chi connectivity index (χ0n) is 10.8. The summed E-state index contributed by atoms with van der Waals surface area (Å²) in [6.45, 7) is 0.790. The second-order valence-electron chi connectivity index (χ2n) is 5.11. The predicted octanol–water partition coefficient (Wildman–Crippen LogP) is 1.54. The topological polar surface area (TPSA) is 58.6 Å². The van der Waals surface area contributed by atoms with Crippen LogP contribution >= 0.6 is 0 Å². The number of halogens is 1. The minimum absolute atomic E-state index is 0.269. The molecule has 1 heterocycles. The van der Waals surface area contributed by atoms with Gasteiger partial charge in [-0.15, -0.1) is 0 Å². The summed E-state index contributed by atoms with van der Waals surface area (Å²) in [4.78, 5) is 25.1. The lowest BCUT2D eigenvalue weighted by atomic mass is 10.2. The van der Waals surface area contributed by atoms with E-state index in [4.69, 9.17) is 4.74 Å². The highest BCUT2D eigenvalue weighted by molar-refractivity contribution is 5.94. The lowest BCUT2D eigenvalue weighted by Crippen LogP contribution is -2.35. The first-order chi connectivity index (χ1) is 9.63. The monoisotopic (exact) mass is 278 g/mol. The third kappa shape index (κ3) is 2.74. The number of ether oxygens (including phenoxy) is 1. The lowest BCUT2D eigenvalue weighted by Gasteiger charge is -2.11. The molecular weight excluding hydrogens is 263 g/mol. The van der Waals surface area contributed by atoms with Crippen LogP contribution in [-0.4, -0.2) is 42.1 Å². The van der Waals surface area contributed by atoms with Crippen LogP contribution < -0.4 is 5.32 Å². The number of benzene rings is 1. The predicted molar refractivity (Wildman–Crippen MR) is 68.7 cm³/mol. The van der Waals surface area contributed by atoms with E-state index in [0.717, 1.165) is 12.8 Å². The van der Waals surface area contributed by atoms with Crippen molar-refractivity contribution in [2.45, 2.75) is 25.0 Å². The first kappa shape index (κ1) is 12.9. The quantitative estimate of drug-likeness (QED) is 0.909. The van der Waals surface area contributed by atoms with Crippen molar-refractivity contribution in [1.29, 1.82) is 0 Å². The highest BCUT2D eigenvalue weighted by atomic mass is 19.1. The van der Waals surface area contributed by atoms with Crippen molar-refractivity contribution >= 4 is 12.0 Å². The van der Waals surface area contributed by atoms with Crippen molar-refractivity contribution in [3.8, 4) is 0 Å². The minimum Gasteiger partial charge on any atom is -0.442 e. The summed E-state index contributed by atoms with van der Waals surface area (Å²) in [6.07, 6.45) is 1.45. The van der Waals surface area contributed by atoms with E-state index in [1.165, 1.54) is 24.3 Å². The van der Waals surface area contributed by atoms with Gasteiger partial charge in [-0.05, 0) is 37.1 Å². The Morgan fingerprint density at radius 1 is 1.35 bits per heavy atom. The first-order valence-corrected chi connectivity index (χ1v) is 6.64. The zero-order valence-corrected chi connectivity index (χ0v) is 10.8. The average molecular weight is 278 g/mol. The van der Waals surface area contributed by atoms with E-state index in [9.17, 15) is 14.0 Å². The van der Waals surface area contributed by atoms with Gasteiger partial charge in [0.2, 0.25) is 0 Å². The number of amides is 2. The van der Waals surface area contributed by atoms with Crippen LogP contribution in [0.4, 0.5) is 9.18 Å². The molecule has 6 heteroatoms. The fourth-order valence-corrected chi connectivity index (χ4v) is 2.24. The molecule has 1 aromatic rings. The summed E-state index contributed by atoms with van der Waals surface area (Å²) in [5.74, 6) is -0.683. The van der Waals surface area contributed by atoms with Crippen LogP contribution in [-0.2, 0) is 4.74 Å². The molecule has 0 radical (unpaired) electrons. The molecule has 1 saturated heterocycles. The normalized spacial score (nSPS) is 21.8. The van der Waals surface area contributed by atoms with E-state index in [-0.39, 0.29) is 30.5 Å². The number of cyclic esters (lactones) is 1. The van der Waals surface area contributed by atoms with E-state index in [1.54, 1.807) is 4.90 Å². The molecule has 20 heavy (non-hydrogen) atoms. The Balaban J connectivity index is 1.51. The molecule has 1 aliphatic heterocycles. The van der Waals surface area contributed by atoms with Gasteiger partial charge >= 0.3 is 6.09 Å². The highest BCUT2D eigenvalue weighted by Crippen LogP contribution is 2.30. The molecule has 1 aromatic carbocycles. The molecule has 3 rings (SSSR count). The molecule has 5 nitrogen and oxygen atoms in total. The Morgan fingerprint density at radius 2 is 2.05 bits per heavy atom. The third-order valence-corrected chi connectivity index (χ3v) is 3.49. The van der Waals surface area contributed by atoms with Crippen LogP contribution in [0.2, 0.25) is 0 Å². The lowest BCUT2D eigenvalue weighted by molar-refractivity contribution is 0.0914.